The predicted molar refractivity (Wildman–Crippen MR) is 105 cm³/mol. The van der Waals surface area contributed by atoms with Gasteiger partial charge in [-0.1, -0.05) is 20.8 Å². The van der Waals surface area contributed by atoms with E-state index >= 15 is 0 Å². The smallest absolute Gasteiger partial charge is 0.367 e. The van der Waals surface area contributed by atoms with Gasteiger partial charge in [-0.2, -0.15) is 23.4 Å². The van der Waals surface area contributed by atoms with Gasteiger partial charge < -0.3 is 10.2 Å². The third-order valence-electron chi connectivity index (χ3n) is 6.07. The summed E-state index contributed by atoms with van der Waals surface area (Å²) in [5.74, 6) is 0.357. The first-order valence-corrected chi connectivity index (χ1v) is 10.5. The molecule has 0 unspecified atom stereocenters. The minimum Gasteiger partial charge on any atom is -0.367 e. The van der Waals surface area contributed by atoms with Crippen molar-refractivity contribution in [2.24, 2.45) is 0 Å². The summed E-state index contributed by atoms with van der Waals surface area (Å²) in [4.78, 5) is 14.7. The Kier molecular flexibility index (Phi) is 5.27. The predicted octanol–water partition coefficient (Wildman–Crippen LogP) is 4.40. The molecule has 0 aliphatic carbocycles. The Bertz CT molecular complexity index is 918. The van der Waals surface area contributed by atoms with Gasteiger partial charge in [0.25, 0.3) is 5.91 Å². The summed E-state index contributed by atoms with van der Waals surface area (Å²) >= 11 is 0. The molecule has 30 heavy (non-hydrogen) atoms. The molecule has 0 radical (unpaired) electrons. The molecule has 4 rings (SSSR count). The fraction of sp³-hybridized carbons (Fsp3) is 0.650. The van der Waals surface area contributed by atoms with Crippen LogP contribution in [0.4, 0.5) is 19.0 Å². The third-order valence-corrected chi connectivity index (χ3v) is 6.07. The first kappa shape index (κ1) is 20.7. The van der Waals surface area contributed by atoms with Crippen LogP contribution in [-0.4, -0.2) is 49.5 Å². The zero-order valence-corrected chi connectivity index (χ0v) is 17.3. The lowest BCUT2D eigenvalue weighted by molar-refractivity contribution is -0.173. The maximum absolute atomic E-state index is 13.6. The summed E-state index contributed by atoms with van der Waals surface area (Å²) < 4.78 is 42.0. The second kappa shape index (κ2) is 7.63. The number of nitrogens with one attached hydrogen (secondary N) is 2. The Labute approximate surface area is 173 Å². The minimum absolute atomic E-state index is 0.0489. The number of alkyl halides is 3. The number of H-pyrrole nitrogens is 1. The maximum Gasteiger partial charge on any atom is 0.410 e. The summed E-state index contributed by atoms with van der Waals surface area (Å²) in [6.45, 7) is 6.40. The van der Waals surface area contributed by atoms with Crippen molar-refractivity contribution in [2.45, 2.75) is 76.7 Å². The highest BCUT2D eigenvalue weighted by molar-refractivity contribution is 5.92. The number of hydrogen-bond donors (Lipinski definition) is 2. The lowest BCUT2D eigenvalue weighted by Crippen LogP contribution is -2.39. The molecule has 3 atom stereocenters. The molecule has 1 fully saturated rings. The summed E-state index contributed by atoms with van der Waals surface area (Å²) in [5, 5.41) is 14.5. The number of aromatic amines is 1. The Morgan fingerprint density at radius 1 is 1.33 bits per heavy atom. The number of amides is 1. The van der Waals surface area contributed by atoms with Crippen molar-refractivity contribution < 1.29 is 18.0 Å². The van der Waals surface area contributed by atoms with Gasteiger partial charge >= 0.3 is 6.18 Å². The second-order valence-corrected chi connectivity index (χ2v) is 8.46. The molecule has 0 spiro atoms. The van der Waals surface area contributed by atoms with Crippen LogP contribution in [-0.2, 0) is 0 Å². The van der Waals surface area contributed by atoms with Crippen molar-refractivity contribution in [3.8, 4) is 0 Å². The van der Waals surface area contributed by atoms with E-state index in [0.717, 1.165) is 16.8 Å². The second-order valence-electron chi connectivity index (χ2n) is 8.46. The summed E-state index contributed by atoms with van der Waals surface area (Å²) in [7, 11) is 0. The Hall–Kier alpha value is -2.52. The van der Waals surface area contributed by atoms with Crippen LogP contribution in [0, 0.1) is 0 Å². The van der Waals surface area contributed by atoms with Crippen LogP contribution in [0.2, 0.25) is 0 Å². The number of likely N-dealkylation sites (tertiary alicyclic amines) is 1. The molecule has 2 aromatic rings. The average molecular weight is 424 g/mol. The summed E-state index contributed by atoms with van der Waals surface area (Å²) in [6.07, 6.45) is -2.39. The van der Waals surface area contributed by atoms with Gasteiger partial charge in [-0.3, -0.25) is 9.89 Å². The lowest BCUT2D eigenvalue weighted by Gasteiger charge is -2.32. The molecule has 0 bridgehead atoms. The molecule has 2 aliphatic rings. The number of halogens is 3. The Morgan fingerprint density at radius 2 is 2.10 bits per heavy atom. The summed E-state index contributed by atoms with van der Waals surface area (Å²) in [5.41, 5.74) is 1.69. The zero-order valence-electron chi connectivity index (χ0n) is 17.3. The van der Waals surface area contributed by atoms with E-state index in [1.165, 1.54) is 0 Å². The number of carbonyl (C=O) groups is 1. The molecular formula is C20H27F3N6O. The molecule has 0 aromatic carbocycles. The van der Waals surface area contributed by atoms with E-state index in [1.54, 1.807) is 17.0 Å². The van der Waals surface area contributed by atoms with E-state index in [0.29, 0.717) is 36.6 Å². The maximum atomic E-state index is 13.6. The van der Waals surface area contributed by atoms with Crippen LogP contribution in [0.5, 0.6) is 0 Å². The van der Waals surface area contributed by atoms with Crippen LogP contribution >= 0.6 is 0 Å². The van der Waals surface area contributed by atoms with E-state index in [9.17, 15) is 18.0 Å². The minimum atomic E-state index is -4.37. The molecule has 4 heterocycles. The van der Waals surface area contributed by atoms with E-state index in [2.05, 4.69) is 20.6 Å². The van der Waals surface area contributed by atoms with Crippen LogP contribution in [0.15, 0.2) is 12.1 Å². The zero-order chi connectivity index (χ0) is 21.6. The largest absolute Gasteiger partial charge is 0.410 e. The first-order chi connectivity index (χ1) is 14.2. The molecule has 2 aromatic heterocycles. The van der Waals surface area contributed by atoms with E-state index < -0.39 is 12.2 Å². The molecule has 164 valence electrons. The van der Waals surface area contributed by atoms with E-state index in [4.69, 9.17) is 0 Å². The topological polar surface area (TPSA) is 78.8 Å². The van der Waals surface area contributed by atoms with E-state index in [1.807, 2.05) is 20.8 Å². The monoisotopic (exact) mass is 424 g/mol. The fourth-order valence-electron chi connectivity index (χ4n) is 4.31. The molecule has 10 heteroatoms. The van der Waals surface area contributed by atoms with Gasteiger partial charge in [0.05, 0.1) is 11.7 Å². The van der Waals surface area contributed by atoms with Crippen molar-refractivity contribution >= 4 is 11.7 Å². The number of rotatable bonds is 4. The van der Waals surface area contributed by atoms with E-state index in [-0.39, 0.29) is 30.3 Å². The van der Waals surface area contributed by atoms with Gasteiger partial charge in [0.2, 0.25) is 0 Å². The normalized spacial score (nSPS) is 24.2. The van der Waals surface area contributed by atoms with Crippen LogP contribution in [0.25, 0.3) is 0 Å². The summed E-state index contributed by atoms with van der Waals surface area (Å²) in [6, 6.07) is 1.14. The first-order valence-electron chi connectivity index (χ1n) is 10.5. The van der Waals surface area contributed by atoms with Crippen LogP contribution < -0.4 is 5.32 Å². The van der Waals surface area contributed by atoms with Crippen molar-refractivity contribution in [3.05, 3.63) is 29.2 Å². The van der Waals surface area contributed by atoms with Gasteiger partial charge in [-0.15, -0.1) is 0 Å². The molecular weight excluding hydrogens is 397 g/mol. The number of fused-ring (bicyclic) bond motifs is 1. The third kappa shape index (κ3) is 3.67. The number of carbonyl (C=O) groups excluding carboxylic acids is 1. The van der Waals surface area contributed by atoms with Gasteiger partial charge in [0.1, 0.15) is 11.5 Å². The van der Waals surface area contributed by atoms with Crippen molar-refractivity contribution in [2.75, 3.05) is 11.9 Å². The van der Waals surface area contributed by atoms with Gasteiger partial charge in [0, 0.05) is 24.3 Å². The number of aromatic nitrogens is 4. The number of anilines is 1. The molecule has 0 saturated carbocycles. The number of nitrogens with zero attached hydrogens (tertiary/aromatic N) is 4. The lowest BCUT2D eigenvalue weighted by atomic mass is 10.0. The van der Waals surface area contributed by atoms with Gasteiger partial charge in [-0.05, 0) is 37.7 Å². The van der Waals surface area contributed by atoms with Gasteiger partial charge in [-0.25, -0.2) is 4.68 Å². The van der Waals surface area contributed by atoms with Crippen molar-refractivity contribution in [1.82, 2.24) is 24.9 Å². The number of hydrogen-bond acceptors (Lipinski definition) is 4. The Balaban J connectivity index is 1.62. The fourth-order valence-corrected chi connectivity index (χ4v) is 4.31. The van der Waals surface area contributed by atoms with Gasteiger partial charge in [0.15, 0.2) is 6.04 Å². The molecule has 1 amide bonds. The van der Waals surface area contributed by atoms with Crippen molar-refractivity contribution in [3.63, 3.8) is 0 Å². The highest BCUT2D eigenvalue weighted by Crippen LogP contribution is 2.42. The average Bonchev–Trinajstić information content (AvgIpc) is 3.43. The molecule has 2 N–H and O–H groups in total. The van der Waals surface area contributed by atoms with Crippen LogP contribution in [0.3, 0.4) is 0 Å². The highest BCUT2D eigenvalue weighted by Gasteiger charge is 2.46. The SMILES string of the molecule is CC[C@@H]1C[C@H](C(F)(F)F)n2nc([C@@H]3CCCN3C(=O)c3cc(C(C)C)[nH]n3)cc2N1. The standard InChI is InChI=1S/C20H27F3N6O/c1-4-12-8-17(20(21,22)23)29-18(24-12)10-14(27-29)16-6-5-7-28(16)19(30)15-9-13(11(2)3)25-26-15/h9-12,16-17,24H,4-8H2,1-3H3,(H,25,26)/t12-,16+,17-/m1/s1. The quantitative estimate of drug-likeness (QED) is 0.762. The van der Waals surface area contributed by atoms with Crippen molar-refractivity contribution in [1.29, 1.82) is 0 Å². The van der Waals surface area contributed by atoms with Crippen LogP contribution in [0.1, 0.15) is 86.3 Å². The molecule has 7 nitrogen and oxygen atoms in total. The Morgan fingerprint density at radius 3 is 2.73 bits per heavy atom. The molecule has 2 aliphatic heterocycles. The molecule has 1 saturated heterocycles. The highest BCUT2D eigenvalue weighted by atomic mass is 19.4.